The molecule has 5 nitrogen and oxygen atoms in total. The molecule has 1 heterocycles. The van der Waals surface area contributed by atoms with E-state index in [-0.39, 0.29) is 5.84 Å². The van der Waals surface area contributed by atoms with Gasteiger partial charge >= 0.3 is 0 Å². The number of rotatable bonds is 3. The zero-order chi connectivity index (χ0) is 9.68. The molecule has 1 aromatic rings. The van der Waals surface area contributed by atoms with Crippen LogP contribution in [-0.4, -0.2) is 15.8 Å². The van der Waals surface area contributed by atoms with E-state index in [1.165, 1.54) is 6.08 Å². The monoisotopic (exact) mass is 177 g/mol. The first-order valence-corrected chi connectivity index (χ1v) is 3.74. The average molecular weight is 177 g/mol. The van der Waals surface area contributed by atoms with Gasteiger partial charge in [0.2, 0.25) is 0 Å². The molecule has 0 aromatic carbocycles. The van der Waals surface area contributed by atoms with Crippen LogP contribution in [0.25, 0.3) is 0 Å². The Morgan fingerprint density at radius 3 is 2.69 bits per heavy atom. The third-order valence-corrected chi connectivity index (χ3v) is 1.29. The number of aryl methyl sites for hydroxylation is 1. The molecule has 0 atom stereocenters. The van der Waals surface area contributed by atoms with Crippen molar-refractivity contribution in [1.82, 2.24) is 9.97 Å². The second-order valence-electron chi connectivity index (χ2n) is 2.45. The molecule has 0 fully saturated rings. The number of nitrogens with zero attached hydrogens (tertiary/aromatic N) is 2. The first-order chi connectivity index (χ1) is 6.18. The molecule has 0 amide bonds. The summed E-state index contributed by atoms with van der Waals surface area (Å²) in [4.78, 5) is 7.97. The van der Waals surface area contributed by atoms with Gasteiger partial charge in [0.25, 0.3) is 0 Å². The minimum absolute atomic E-state index is 0.000491. The fourth-order valence-corrected chi connectivity index (χ4v) is 0.695. The van der Waals surface area contributed by atoms with Crippen molar-refractivity contribution in [3.63, 3.8) is 0 Å². The van der Waals surface area contributed by atoms with Crippen LogP contribution in [0.5, 0.6) is 0 Å². The zero-order valence-electron chi connectivity index (χ0n) is 7.28. The topological polar surface area (TPSA) is 87.7 Å². The van der Waals surface area contributed by atoms with Crippen molar-refractivity contribution in [1.29, 1.82) is 5.41 Å². The predicted molar refractivity (Wildman–Crippen MR) is 51.4 cm³/mol. The number of hydrogen-bond acceptors (Lipinski definition) is 4. The van der Waals surface area contributed by atoms with Gasteiger partial charge in [-0.1, -0.05) is 0 Å². The van der Waals surface area contributed by atoms with E-state index >= 15 is 0 Å². The van der Waals surface area contributed by atoms with Crippen molar-refractivity contribution in [2.45, 2.75) is 6.92 Å². The van der Waals surface area contributed by atoms with E-state index in [4.69, 9.17) is 11.1 Å². The van der Waals surface area contributed by atoms with Crippen LogP contribution in [0.15, 0.2) is 24.7 Å². The Balaban J connectivity index is 2.55. The fourth-order valence-electron chi connectivity index (χ4n) is 0.695. The lowest BCUT2D eigenvalue weighted by Gasteiger charge is -1.98. The molecule has 5 heteroatoms. The van der Waals surface area contributed by atoms with Crippen molar-refractivity contribution in [3.05, 3.63) is 30.5 Å². The molecule has 4 N–H and O–H groups in total. The molecular weight excluding hydrogens is 166 g/mol. The van der Waals surface area contributed by atoms with Gasteiger partial charge in [-0.2, -0.15) is 0 Å². The van der Waals surface area contributed by atoms with Crippen LogP contribution >= 0.6 is 0 Å². The summed E-state index contributed by atoms with van der Waals surface area (Å²) < 4.78 is 0. The standard InChI is InChI=1S/C8H11N5/c1-6-12-4-7(5-13-6)11-3-2-8(9)10/h2-5,11H,1H3,(H3,9,10)/b3-2-. The third-order valence-electron chi connectivity index (χ3n) is 1.29. The van der Waals surface area contributed by atoms with Crippen molar-refractivity contribution in [3.8, 4) is 0 Å². The number of anilines is 1. The van der Waals surface area contributed by atoms with Crippen LogP contribution in [-0.2, 0) is 0 Å². The lowest BCUT2D eigenvalue weighted by atomic mass is 10.5. The minimum Gasteiger partial charge on any atom is -0.384 e. The highest BCUT2D eigenvalue weighted by atomic mass is 14.9. The molecule has 0 spiro atoms. The zero-order valence-corrected chi connectivity index (χ0v) is 7.28. The van der Waals surface area contributed by atoms with Gasteiger partial charge in [-0.15, -0.1) is 0 Å². The summed E-state index contributed by atoms with van der Waals surface area (Å²) >= 11 is 0. The molecule has 0 aliphatic heterocycles. The molecule has 0 aliphatic carbocycles. The Kier molecular flexibility index (Phi) is 2.97. The third kappa shape index (κ3) is 3.33. The molecule has 0 unspecified atom stereocenters. The lowest BCUT2D eigenvalue weighted by molar-refractivity contribution is 1.05. The summed E-state index contributed by atoms with van der Waals surface area (Å²) in [5.41, 5.74) is 5.87. The SMILES string of the molecule is Cc1ncc(N/C=C\C(=N)N)cn1. The van der Waals surface area contributed by atoms with Gasteiger partial charge in [0.15, 0.2) is 0 Å². The van der Waals surface area contributed by atoms with Gasteiger partial charge in [0.1, 0.15) is 11.7 Å². The largest absolute Gasteiger partial charge is 0.384 e. The van der Waals surface area contributed by atoms with Gasteiger partial charge in [-0.3, -0.25) is 5.41 Å². The van der Waals surface area contributed by atoms with Crippen LogP contribution in [0.3, 0.4) is 0 Å². The Bertz CT molecular complexity index is 314. The number of hydrogen-bond donors (Lipinski definition) is 3. The predicted octanol–water partition coefficient (Wildman–Crippen LogP) is 0.647. The number of nitrogens with one attached hydrogen (secondary N) is 2. The lowest BCUT2D eigenvalue weighted by Crippen LogP contribution is -2.05. The highest BCUT2D eigenvalue weighted by molar-refractivity contribution is 5.88. The Hall–Kier alpha value is -1.91. The fraction of sp³-hybridized carbons (Fsp3) is 0.125. The van der Waals surface area contributed by atoms with Gasteiger partial charge in [-0.25, -0.2) is 9.97 Å². The van der Waals surface area contributed by atoms with Gasteiger partial charge in [0.05, 0.1) is 18.1 Å². The molecular formula is C8H11N5. The Morgan fingerprint density at radius 2 is 2.15 bits per heavy atom. The smallest absolute Gasteiger partial charge is 0.125 e. The molecule has 0 saturated carbocycles. The van der Waals surface area contributed by atoms with E-state index in [1.54, 1.807) is 18.6 Å². The van der Waals surface area contributed by atoms with Crippen LogP contribution in [0, 0.1) is 12.3 Å². The quantitative estimate of drug-likeness (QED) is 0.467. The maximum absolute atomic E-state index is 6.91. The maximum atomic E-state index is 6.91. The van der Waals surface area contributed by atoms with E-state index in [1.807, 2.05) is 6.92 Å². The van der Waals surface area contributed by atoms with Gasteiger partial charge < -0.3 is 11.1 Å². The van der Waals surface area contributed by atoms with Crippen molar-refractivity contribution >= 4 is 11.5 Å². The van der Waals surface area contributed by atoms with Crippen LogP contribution < -0.4 is 11.1 Å². The molecule has 0 radical (unpaired) electrons. The van der Waals surface area contributed by atoms with Crippen LogP contribution in [0.4, 0.5) is 5.69 Å². The van der Waals surface area contributed by atoms with Gasteiger partial charge in [-0.05, 0) is 13.0 Å². The molecule has 13 heavy (non-hydrogen) atoms. The van der Waals surface area contributed by atoms with E-state index in [9.17, 15) is 0 Å². The Morgan fingerprint density at radius 1 is 1.54 bits per heavy atom. The van der Waals surface area contributed by atoms with Crippen molar-refractivity contribution in [2.75, 3.05) is 5.32 Å². The summed E-state index contributed by atoms with van der Waals surface area (Å²) in [7, 11) is 0. The molecule has 0 aliphatic rings. The van der Waals surface area contributed by atoms with Crippen LogP contribution in [0.1, 0.15) is 5.82 Å². The molecule has 1 aromatic heterocycles. The summed E-state index contributed by atoms with van der Waals surface area (Å²) in [6, 6.07) is 0. The summed E-state index contributed by atoms with van der Waals surface area (Å²) in [5, 5.41) is 9.79. The highest BCUT2D eigenvalue weighted by Gasteiger charge is 1.89. The molecule has 1 rings (SSSR count). The van der Waals surface area contributed by atoms with E-state index < -0.39 is 0 Å². The summed E-state index contributed by atoms with van der Waals surface area (Å²) in [6.07, 6.45) is 6.33. The van der Waals surface area contributed by atoms with E-state index in [2.05, 4.69) is 15.3 Å². The summed E-state index contributed by atoms with van der Waals surface area (Å²) in [6.45, 7) is 1.81. The second kappa shape index (κ2) is 4.20. The summed E-state index contributed by atoms with van der Waals surface area (Å²) in [5.74, 6) is 0.724. The maximum Gasteiger partial charge on any atom is 0.125 e. The molecule has 0 bridgehead atoms. The number of nitrogens with two attached hydrogens (primary N) is 1. The van der Waals surface area contributed by atoms with E-state index in [0.29, 0.717) is 0 Å². The second-order valence-corrected chi connectivity index (χ2v) is 2.45. The number of aromatic nitrogens is 2. The average Bonchev–Trinajstić information content (AvgIpc) is 2.08. The molecule has 68 valence electrons. The number of amidine groups is 1. The first kappa shape index (κ1) is 9.18. The van der Waals surface area contributed by atoms with Crippen LogP contribution in [0.2, 0.25) is 0 Å². The minimum atomic E-state index is 0.000491. The van der Waals surface area contributed by atoms with E-state index in [0.717, 1.165) is 11.5 Å². The molecule has 0 saturated heterocycles. The Labute approximate surface area is 76.2 Å². The van der Waals surface area contributed by atoms with Crippen molar-refractivity contribution in [2.24, 2.45) is 5.73 Å². The normalized spacial score (nSPS) is 10.2. The highest BCUT2D eigenvalue weighted by Crippen LogP contribution is 2.01. The first-order valence-electron chi connectivity index (χ1n) is 3.74. The van der Waals surface area contributed by atoms with Gasteiger partial charge in [0, 0.05) is 6.20 Å². The van der Waals surface area contributed by atoms with Crippen molar-refractivity contribution < 1.29 is 0 Å².